The van der Waals surface area contributed by atoms with Crippen molar-refractivity contribution in [1.82, 2.24) is 0 Å². The molecule has 0 saturated carbocycles. The topological polar surface area (TPSA) is 86.7 Å². The summed E-state index contributed by atoms with van der Waals surface area (Å²) in [7, 11) is 0. The molecule has 6 nitrogen and oxygen atoms in total. The summed E-state index contributed by atoms with van der Waals surface area (Å²) in [5.41, 5.74) is 8.95. The van der Waals surface area contributed by atoms with E-state index in [0.717, 1.165) is 16.7 Å². The van der Waals surface area contributed by atoms with Crippen LogP contribution in [0.15, 0.2) is 66.1 Å². The van der Waals surface area contributed by atoms with Gasteiger partial charge in [-0.3, -0.25) is 0 Å². The highest BCUT2D eigenvalue weighted by atomic mass is 35.5. The van der Waals surface area contributed by atoms with Gasteiger partial charge in [-0.25, -0.2) is 0 Å². The van der Waals surface area contributed by atoms with Crippen molar-refractivity contribution in [2.24, 2.45) is 5.73 Å². The Balaban J connectivity index is 1.42. The molecule has 2 aliphatic heterocycles. The molecule has 2 heterocycles. The molecule has 1 unspecified atom stereocenters. The van der Waals surface area contributed by atoms with E-state index in [0.29, 0.717) is 45.2 Å². The van der Waals surface area contributed by atoms with Crippen molar-refractivity contribution in [1.29, 1.82) is 5.26 Å². The van der Waals surface area contributed by atoms with Gasteiger partial charge in [0, 0.05) is 11.6 Å². The summed E-state index contributed by atoms with van der Waals surface area (Å²) in [6, 6.07) is 18.6. The van der Waals surface area contributed by atoms with Crippen molar-refractivity contribution in [2.45, 2.75) is 12.5 Å². The zero-order valence-corrected chi connectivity index (χ0v) is 18.1. The Labute approximate surface area is 194 Å². The number of halogens is 2. The second kappa shape index (κ2) is 8.19. The lowest BCUT2D eigenvalue weighted by molar-refractivity contribution is 0.174. The molecule has 160 valence electrons. The van der Waals surface area contributed by atoms with Crippen LogP contribution in [0.5, 0.6) is 23.0 Å². The first-order chi connectivity index (χ1) is 15.5. The number of rotatable bonds is 4. The fourth-order valence-electron chi connectivity index (χ4n) is 3.74. The van der Waals surface area contributed by atoms with Crippen molar-refractivity contribution < 1.29 is 18.9 Å². The maximum atomic E-state index is 9.75. The van der Waals surface area contributed by atoms with Crippen LogP contribution in [0.3, 0.4) is 0 Å². The molecular formula is C24H16Cl2N2O4. The van der Waals surface area contributed by atoms with E-state index in [-0.39, 0.29) is 12.7 Å². The van der Waals surface area contributed by atoms with Gasteiger partial charge in [-0.2, -0.15) is 5.26 Å². The molecule has 3 aromatic rings. The second-order valence-electron chi connectivity index (χ2n) is 7.27. The zero-order chi connectivity index (χ0) is 22.2. The monoisotopic (exact) mass is 466 g/mol. The SMILES string of the molecule is N#CC1=C(N)Oc2cc3c(cc2C1c1ccc(OCc2ccc(Cl)c(Cl)c2)cc1)OCO3. The molecule has 0 fully saturated rings. The summed E-state index contributed by atoms with van der Waals surface area (Å²) in [5.74, 6) is 2.08. The van der Waals surface area contributed by atoms with E-state index in [2.05, 4.69) is 6.07 Å². The Kier molecular flexibility index (Phi) is 5.22. The molecule has 8 heteroatoms. The Bertz CT molecular complexity index is 1280. The molecule has 2 aliphatic rings. The van der Waals surface area contributed by atoms with E-state index in [9.17, 15) is 5.26 Å². The molecule has 0 aromatic heterocycles. The van der Waals surface area contributed by atoms with Crippen molar-refractivity contribution in [3.8, 4) is 29.1 Å². The number of ether oxygens (including phenoxy) is 4. The number of allylic oxidation sites excluding steroid dienone is 1. The van der Waals surface area contributed by atoms with Gasteiger partial charge in [0.15, 0.2) is 11.5 Å². The van der Waals surface area contributed by atoms with Crippen molar-refractivity contribution >= 4 is 23.2 Å². The highest BCUT2D eigenvalue weighted by Crippen LogP contribution is 2.48. The minimum Gasteiger partial charge on any atom is -0.489 e. The number of benzene rings is 3. The lowest BCUT2D eigenvalue weighted by Gasteiger charge is -2.26. The molecule has 3 aromatic carbocycles. The fourth-order valence-corrected chi connectivity index (χ4v) is 4.06. The van der Waals surface area contributed by atoms with E-state index >= 15 is 0 Å². The number of nitrogens with two attached hydrogens (primary N) is 1. The van der Waals surface area contributed by atoms with Crippen LogP contribution < -0.4 is 24.7 Å². The standard InChI is InChI=1S/C24H16Cl2N2O4/c25-18-6-1-13(7-19(18)26)11-29-15-4-2-14(3-5-15)23-16-8-21-22(31-12-30-21)9-20(16)32-24(28)17(23)10-27/h1-9,23H,11-12,28H2. The van der Waals surface area contributed by atoms with Gasteiger partial charge in [0.2, 0.25) is 12.7 Å². The maximum Gasteiger partial charge on any atom is 0.231 e. The number of fused-ring (bicyclic) bond motifs is 2. The molecule has 0 bridgehead atoms. The molecule has 0 aliphatic carbocycles. The van der Waals surface area contributed by atoms with Gasteiger partial charge in [0.25, 0.3) is 0 Å². The maximum absolute atomic E-state index is 9.75. The molecule has 32 heavy (non-hydrogen) atoms. The third-order valence-corrected chi connectivity index (χ3v) is 6.05. The van der Waals surface area contributed by atoms with E-state index in [4.69, 9.17) is 47.9 Å². The molecule has 0 saturated heterocycles. The number of hydrogen-bond donors (Lipinski definition) is 1. The van der Waals surface area contributed by atoms with Crippen molar-refractivity contribution in [3.05, 3.63) is 92.8 Å². The predicted octanol–water partition coefficient (Wildman–Crippen LogP) is 5.52. The van der Waals surface area contributed by atoms with Gasteiger partial charge in [-0.1, -0.05) is 41.4 Å². The number of nitriles is 1. The third kappa shape index (κ3) is 3.66. The number of hydrogen-bond acceptors (Lipinski definition) is 6. The smallest absolute Gasteiger partial charge is 0.231 e. The van der Waals surface area contributed by atoms with Gasteiger partial charge >= 0.3 is 0 Å². The van der Waals surface area contributed by atoms with Gasteiger partial charge in [-0.05, 0) is 41.5 Å². The highest BCUT2D eigenvalue weighted by Gasteiger charge is 2.33. The fraction of sp³-hybridized carbons (Fsp3) is 0.125. The van der Waals surface area contributed by atoms with Crippen LogP contribution in [0, 0.1) is 11.3 Å². The van der Waals surface area contributed by atoms with Crippen LogP contribution >= 0.6 is 23.2 Å². The van der Waals surface area contributed by atoms with Crippen LogP contribution in [0.4, 0.5) is 0 Å². The lowest BCUT2D eigenvalue weighted by Crippen LogP contribution is -2.21. The molecule has 5 rings (SSSR count). The molecular weight excluding hydrogens is 451 g/mol. The van der Waals surface area contributed by atoms with Crippen LogP contribution in [0.25, 0.3) is 0 Å². The number of nitrogens with zero attached hydrogens (tertiary/aromatic N) is 1. The average Bonchev–Trinajstić information content (AvgIpc) is 3.25. The van der Waals surface area contributed by atoms with Gasteiger partial charge < -0.3 is 24.7 Å². The predicted molar refractivity (Wildman–Crippen MR) is 119 cm³/mol. The first-order valence-electron chi connectivity index (χ1n) is 9.71. The Hall–Kier alpha value is -3.53. The molecule has 1 atom stereocenters. The minimum absolute atomic E-state index is 0.0730. The van der Waals surface area contributed by atoms with E-state index in [1.54, 1.807) is 18.2 Å². The van der Waals surface area contributed by atoms with Crippen molar-refractivity contribution in [3.63, 3.8) is 0 Å². The first-order valence-corrected chi connectivity index (χ1v) is 10.5. The van der Waals surface area contributed by atoms with Gasteiger partial charge in [0.1, 0.15) is 29.7 Å². The third-order valence-electron chi connectivity index (χ3n) is 5.31. The largest absolute Gasteiger partial charge is 0.489 e. The van der Waals surface area contributed by atoms with E-state index in [1.165, 1.54) is 0 Å². The van der Waals surface area contributed by atoms with E-state index in [1.807, 2.05) is 36.4 Å². The quantitative estimate of drug-likeness (QED) is 0.544. The highest BCUT2D eigenvalue weighted by molar-refractivity contribution is 6.42. The molecule has 0 spiro atoms. The summed E-state index contributed by atoms with van der Waals surface area (Å²) >= 11 is 12.0. The molecule has 2 N–H and O–H groups in total. The van der Waals surface area contributed by atoms with Crippen LogP contribution in [-0.4, -0.2) is 6.79 Å². The zero-order valence-electron chi connectivity index (χ0n) is 16.6. The summed E-state index contributed by atoms with van der Waals surface area (Å²) in [5, 5.41) is 10.7. The van der Waals surface area contributed by atoms with E-state index < -0.39 is 5.92 Å². The van der Waals surface area contributed by atoms with Crippen molar-refractivity contribution in [2.75, 3.05) is 6.79 Å². The lowest BCUT2D eigenvalue weighted by atomic mass is 9.83. The van der Waals surface area contributed by atoms with Crippen LogP contribution in [-0.2, 0) is 6.61 Å². The summed E-state index contributed by atoms with van der Waals surface area (Å²) in [6.07, 6.45) is 0. The summed E-state index contributed by atoms with van der Waals surface area (Å²) in [4.78, 5) is 0. The average molecular weight is 467 g/mol. The Morgan fingerprint density at radius 3 is 2.44 bits per heavy atom. The Morgan fingerprint density at radius 2 is 1.72 bits per heavy atom. The summed E-state index contributed by atoms with van der Waals surface area (Å²) < 4.78 is 22.5. The first kappa shape index (κ1) is 20.4. The normalized spacial score (nSPS) is 16.2. The Morgan fingerprint density at radius 1 is 0.969 bits per heavy atom. The molecule has 0 amide bonds. The van der Waals surface area contributed by atoms with Gasteiger partial charge in [-0.15, -0.1) is 0 Å². The molecule has 0 radical (unpaired) electrons. The van der Waals surface area contributed by atoms with Gasteiger partial charge in [0.05, 0.1) is 16.0 Å². The summed E-state index contributed by atoms with van der Waals surface area (Å²) in [6.45, 7) is 0.484. The minimum atomic E-state index is -0.401. The second-order valence-corrected chi connectivity index (χ2v) is 8.09. The van der Waals surface area contributed by atoms with Crippen LogP contribution in [0.2, 0.25) is 10.0 Å². The van der Waals surface area contributed by atoms with Crippen LogP contribution in [0.1, 0.15) is 22.6 Å².